The Bertz CT molecular complexity index is 352. The fraction of sp³-hybridized carbons (Fsp3) is 0.333. The van der Waals surface area contributed by atoms with Crippen LogP contribution in [0.3, 0.4) is 0 Å². The van der Waals surface area contributed by atoms with E-state index in [2.05, 4.69) is 0 Å². The normalized spacial score (nSPS) is 16.1. The molecule has 0 radical (unpaired) electrons. The van der Waals surface area contributed by atoms with Crippen LogP contribution in [0, 0.1) is 5.82 Å². The first-order valence-corrected chi connectivity index (χ1v) is 4.06. The minimum Gasteiger partial charge on any atom is -0.375 e. The molecule has 0 aliphatic carbocycles. The van der Waals surface area contributed by atoms with Crippen molar-refractivity contribution < 1.29 is 22.7 Å². The van der Waals surface area contributed by atoms with Crippen LogP contribution in [0.4, 0.5) is 17.6 Å². The standard InChI is InChI=1S/C9H9F4NO/c10-7-3-1-2-6(4-7)8(15,5-14)9(11,12)13/h1-4,15H,5,14H2. The largest absolute Gasteiger partial charge is 0.422 e. The fourth-order valence-corrected chi connectivity index (χ4v) is 1.14. The topological polar surface area (TPSA) is 46.2 Å². The summed E-state index contributed by atoms with van der Waals surface area (Å²) >= 11 is 0. The second-order valence-electron chi connectivity index (χ2n) is 3.07. The van der Waals surface area contributed by atoms with Gasteiger partial charge < -0.3 is 10.8 Å². The molecule has 15 heavy (non-hydrogen) atoms. The maximum absolute atomic E-state index is 12.7. The molecule has 1 unspecified atom stereocenters. The SMILES string of the molecule is NCC(O)(c1cccc(F)c1)C(F)(F)F. The van der Waals surface area contributed by atoms with Crippen molar-refractivity contribution in [1.29, 1.82) is 0 Å². The van der Waals surface area contributed by atoms with E-state index in [-0.39, 0.29) is 0 Å². The number of rotatable bonds is 2. The average molecular weight is 223 g/mol. The van der Waals surface area contributed by atoms with Gasteiger partial charge in [0, 0.05) is 6.54 Å². The highest BCUT2D eigenvalue weighted by Crippen LogP contribution is 2.38. The van der Waals surface area contributed by atoms with Crippen molar-refractivity contribution in [2.45, 2.75) is 11.8 Å². The summed E-state index contributed by atoms with van der Waals surface area (Å²) in [6, 6.07) is 3.65. The predicted octanol–water partition coefficient (Wildman–Crippen LogP) is 1.53. The number of halogens is 4. The lowest BCUT2D eigenvalue weighted by molar-refractivity contribution is -0.262. The van der Waals surface area contributed by atoms with Crippen molar-refractivity contribution in [2.24, 2.45) is 5.73 Å². The Morgan fingerprint density at radius 3 is 2.27 bits per heavy atom. The van der Waals surface area contributed by atoms with Gasteiger partial charge in [-0.05, 0) is 17.7 Å². The van der Waals surface area contributed by atoms with E-state index < -0.39 is 29.7 Å². The van der Waals surface area contributed by atoms with Gasteiger partial charge in [0.05, 0.1) is 0 Å². The molecular weight excluding hydrogens is 214 g/mol. The monoisotopic (exact) mass is 223 g/mol. The molecule has 0 fully saturated rings. The highest BCUT2D eigenvalue weighted by Gasteiger charge is 2.54. The molecular formula is C9H9F4NO. The highest BCUT2D eigenvalue weighted by molar-refractivity contribution is 5.25. The van der Waals surface area contributed by atoms with Crippen molar-refractivity contribution in [1.82, 2.24) is 0 Å². The molecule has 0 bridgehead atoms. The van der Waals surface area contributed by atoms with Gasteiger partial charge in [0.25, 0.3) is 0 Å². The molecule has 2 nitrogen and oxygen atoms in total. The second-order valence-corrected chi connectivity index (χ2v) is 3.07. The first-order valence-electron chi connectivity index (χ1n) is 4.06. The molecule has 3 N–H and O–H groups in total. The minimum atomic E-state index is -4.93. The molecule has 0 saturated carbocycles. The second kappa shape index (κ2) is 3.79. The molecule has 0 aromatic heterocycles. The number of alkyl halides is 3. The summed E-state index contributed by atoms with van der Waals surface area (Å²) < 4.78 is 50.1. The van der Waals surface area contributed by atoms with E-state index in [0.29, 0.717) is 6.07 Å². The van der Waals surface area contributed by atoms with Gasteiger partial charge in [0.2, 0.25) is 0 Å². The molecule has 0 saturated heterocycles. The lowest BCUT2D eigenvalue weighted by Gasteiger charge is -2.29. The van der Waals surface area contributed by atoms with E-state index >= 15 is 0 Å². The van der Waals surface area contributed by atoms with Gasteiger partial charge in [-0.3, -0.25) is 0 Å². The fourth-order valence-electron chi connectivity index (χ4n) is 1.14. The molecule has 1 aromatic carbocycles. The highest BCUT2D eigenvalue weighted by atomic mass is 19.4. The summed E-state index contributed by atoms with van der Waals surface area (Å²) in [4.78, 5) is 0. The smallest absolute Gasteiger partial charge is 0.375 e. The van der Waals surface area contributed by atoms with Crippen LogP contribution in [0.1, 0.15) is 5.56 Å². The zero-order chi connectivity index (χ0) is 11.7. The number of hydrogen-bond acceptors (Lipinski definition) is 2. The molecule has 1 atom stereocenters. The first kappa shape index (κ1) is 11.9. The molecule has 0 heterocycles. The van der Waals surface area contributed by atoms with E-state index in [1.807, 2.05) is 0 Å². The van der Waals surface area contributed by atoms with Crippen molar-refractivity contribution in [3.05, 3.63) is 35.6 Å². The Morgan fingerprint density at radius 1 is 1.27 bits per heavy atom. The molecule has 84 valence electrons. The molecule has 1 aromatic rings. The number of aliphatic hydroxyl groups is 1. The van der Waals surface area contributed by atoms with Crippen LogP contribution in [0.5, 0.6) is 0 Å². The summed E-state index contributed by atoms with van der Waals surface area (Å²) in [5.41, 5.74) is 1.08. The number of nitrogens with two attached hydrogens (primary N) is 1. The van der Waals surface area contributed by atoms with Crippen molar-refractivity contribution >= 4 is 0 Å². The summed E-state index contributed by atoms with van der Waals surface area (Å²) in [5, 5.41) is 9.34. The Hall–Kier alpha value is -1.14. The molecule has 0 aliphatic rings. The van der Waals surface area contributed by atoms with Gasteiger partial charge in [-0.25, -0.2) is 4.39 Å². The predicted molar refractivity (Wildman–Crippen MR) is 45.4 cm³/mol. The Balaban J connectivity index is 3.23. The number of hydrogen-bond donors (Lipinski definition) is 2. The number of benzene rings is 1. The molecule has 6 heteroatoms. The summed E-state index contributed by atoms with van der Waals surface area (Å²) in [7, 11) is 0. The van der Waals surface area contributed by atoms with Crippen LogP contribution >= 0.6 is 0 Å². The third kappa shape index (κ3) is 2.10. The van der Waals surface area contributed by atoms with Crippen LogP contribution < -0.4 is 5.73 Å². The van der Waals surface area contributed by atoms with Gasteiger partial charge in [-0.1, -0.05) is 12.1 Å². The van der Waals surface area contributed by atoms with Gasteiger partial charge in [0.15, 0.2) is 5.60 Å². The lowest BCUT2D eigenvalue weighted by Crippen LogP contribution is -2.48. The van der Waals surface area contributed by atoms with E-state index in [0.717, 1.165) is 18.2 Å². The van der Waals surface area contributed by atoms with E-state index in [1.54, 1.807) is 0 Å². The van der Waals surface area contributed by atoms with Crippen molar-refractivity contribution in [3.63, 3.8) is 0 Å². The van der Waals surface area contributed by atoms with Crippen LogP contribution in [0.2, 0.25) is 0 Å². The molecule has 1 rings (SSSR count). The quantitative estimate of drug-likeness (QED) is 0.747. The van der Waals surface area contributed by atoms with Crippen molar-refractivity contribution in [3.8, 4) is 0 Å². The first-order chi connectivity index (χ1) is 6.81. The van der Waals surface area contributed by atoms with Crippen LogP contribution in [0.15, 0.2) is 24.3 Å². The molecule has 0 aliphatic heterocycles. The van der Waals surface area contributed by atoms with E-state index in [1.165, 1.54) is 0 Å². The van der Waals surface area contributed by atoms with Gasteiger partial charge in [-0.15, -0.1) is 0 Å². The van der Waals surface area contributed by atoms with Crippen molar-refractivity contribution in [2.75, 3.05) is 6.54 Å². The van der Waals surface area contributed by atoms with E-state index in [9.17, 15) is 22.7 Å². The average Bonchev–Trinajstić information content (AvgIpc) is 2.14. The third-order valence-corrected chi connectivity index (χ3v) is 2.07. The summed E-state index contributed by atoms with van der Waals surface area (Å²) in [5.74, 6) is -0.858. The van der Waals surface area contributed by atoms with Crippen LogP contribution in [-0.2, 0) is 5.60 Å². The van der Waals surface area contributed by atoms with Gasteiger partial charge in [-0.2, -0.15) is 13.2 Å². The van der Waals surface area contributed by atoms with Crippen LogP contribution in [0.25, 0.3) is 0 Å². The van der Waals surface area contributed by atoms with Gasteiger partial charge >= 0.3 is 6.18 Å². The van der Waals surface area contributed by atoms with Crippen LogP contribution in [-0.4, -0.2) is 17.8 Å². The maximum Gasteiger partial charge on any atom is 0.422 e. The Kier molecular flexibility index (Phi) is 3.01. The summed E-state index contributed by atoms with van der Waals surface area (Å²) in [6.07, 6.45) is -4.93. The Morgan fingerprint density at radius 2 is 1.87 bits per heavy atom. The molecule has 0 amide bonds. The minimum absolute atomic E-state index is 0.600. The Labute approximate surface area is 83.3 Å². The summed E-state index contributed by atoms with van der Waals surface area (Å²) in [6.45, 7) is -1.06. The maximum atomic E-state index is 12.7. The van der Waals surface area contributed by atoms with E-state index in [4.69, 9.17) is 5.73 Å². The zero-order valence-electron chi connectivity index (χ0n) is 7.55. The third-order valence-electron chi connectivity index (χ3n) is 2.07. The lowest BCUT2D eigenvalue weighted by atomic mass is 9.93. The van der Waals surface area contributed by atoms with Gasteiger partial charge in [0.1, 0.15) is 5.82 Å². The molecule has 0 spiro atoms. The zero-order valence-corrected chi connectivity index (χ0v) is 7.55.